The number of amides is 1. The number of benzene rings is 2. The highest BCUT2D eigenvalue weighted by atomic mass is 79.9. The van der Waals surface area contributed by atoms with Gasteiger partial charge in [-0.1, -0.05) is 34.1 Å². The number of halogens is 1. The van der Waals surface area contributed by atoms with Crippen LogP contribution in [0.3, 0.4) is 0 Å². The Kier molecular flexibility index (Phi) is 4.98. The van der Waals surface area contributed by atoms with Gasteiger partial charge in [-0.2, -0.15) is 0 Å². The first-order valence-corrected chi connectivity index (χ1v) is 6.88. The second kappa shape index (κ2) is 6.95. The molecule has 0 heterocycles. The van der Waals surface area contributed by atoms with Crippen LogP contribution in [-0.2, 0) is 4.79 Å². The summed E-state index contributed by atoms with van der Waals surface area (Å²) in [4.78, 5) is 11.7. The van der Waals surface area contributed by atoms with Gasteiger partial charge in [0.25, 0.3) is 0 Å². The van der Waals surface area contributed by atoms with Gasteiger partial charge in [0.2, 0.25) is 5.91 Å². The third-order valence-electron chi connectivity index (χ3n) is 2.58. The quantitative estimate of drug-likeness (QED) is 0.878. The summed E-state index contributed by atoms with van der Waals surface area (Å²) in [5.74, 6) is 0.0100. The van der Waals surface area contributed by atoms with Crippen LogP contribution in [0.5, 0.6) is 0 Å². The summed E-state index contributed by atoms with van der Waals surface area (Å²) in [5.41, 5.74) is 1.84. The van der Waals surface area contributed by atoms with Gasteiger partial charge in [0.1, 0.15) is 0 Å². The van der Waals surface area contributed by atoms with Crippen LogP contribution in [0.1, 0.15) is 6.42 Å². The standard InChI is InChI=1S/C15H15BrN2O/c16-12-6-8-13(9-7-12)17-11-10-15(19)18-14-4-2-1-3-5-14/h1-9,17H,10-11H2,(H,18,19). The Balaban J connectivity index is 1.74. The molecule has 0 saturated heterocycles. The number of hydrogen-bond acceptors (Lipinski definition) is 2. The average molecular weight is 319 g/mol. The molecule has 19 heavy (non-hydrogen) atoms. The molecule has 2 rings (SSSR count). The lowest BCUT2D eigenvalue weighted by atomic mass is 10.3. The number of carbonyl (C=O) groups is 1. The molecule has 1 amide bonds. The Labute approximate surface area is 121 Å². The Hall–Kier alpha value is -1.81. The molecule has 98 valence electrons. The first-order chi connectivity index (χ1) is 9.24. The van der Waals surface area contributed by atoms with E-state index in [9.17, 15) is 4.79 Å². The van der Waals surface area contributed by atoms with E-state index in [1.54, 1.807) is 0 Å². The number of para-hydroxylation sites is 1. The van der Waals surface area contributed by atoms with Crippen molar-refractivity contribution in [3.63, 3.8) is 0 Å². The van der Waals surface area contributed by atoms with Gasteiger partial charge in [-0.25, -0.2) is 0 Å². The molecule has 0 aliphatic heterocycles. The van der Waals surface area contributed by atoms with Crippen molar-refractivity contribution in [1.29, 1.82) is 0 Å². The van der Waals surface area contributed by atoms with E-state index < -0.39 is 0 Å². The van der Waals surface area contributed by atoms with Gasteiger partial charge in [0.15, 0.2) is 0 Å². The number of hydrogen-bond donors (Lipinski definition) is 2. The average Bonchev–Trinajstić information content (AvgIpc) is 2.42. The zero-order valence-electron chi connectivity index (χ0n) is 10.4. The predicted molar refractivity (Wildman–Crippen MR) is 82.3 cm³/mol. The summed E-state index contributed by atoms with van der Waals surface area (Å²) in [6.45, 7) is 0.611. The lowest BCUT2D eigenvalue weighted by Crippen LogP contribution is -2.16. The van der Waals surface area contributed by atoms with Gasteiger partial charge < -0.3 is 10.6 Å². The molecule has 3 nitrogen and oxygen atoms in total. The molecule has 2 N–H and O–H groups in total. The van der Waals surface area contributed by atoms with E-state index in [-0.39, 0.29) is 5.91 Å². The zero-order valence-corrected chi connectivity index (χ0v) is 12.0. The van der Waals surface area contributed by atoms with Crippen molar-refractivity contribution in [3.05, 3.63) is 59.1 Å². The zero-order chi connectivity index (χ0) is 13.5. The van der Waals surface area contributed by atoms with Crippen LogP contribution in [0.15, 0.2) is 59.1 Å². The first-order valence-electron chi connectivity index (χ1n) is 6.08. The molecule has 4 heteroatoms. The van der Waals surface area contributed by atoms with E-state index in [2.05, 4.69) is 26.6 Å². The second-order valence-electron chi connectivity index (χ2n) is 4.10. The van der Waals surface area contributed by atoms with Gasteiger partial charge in [0, 0.05) is 28.8 Å². The lowest BCUT2D eigenvalue weighted by Gasteiger charge is -2.07. The molecule has 0 atom stereocenters. The van der Waals surface area contributed by atoms with E-state index in [4.69, 9.17) is 0 Å². The van der Waals surface area contributed by atoms with Crippen LogP contribution in [0, 0.1) is 0 Å². The molecule has 0 fully saturated rings. The summed E-state index contributed by atoms with van der Waals surface area (Å²) in [7, 11) is 0. The minimum Gasteiger partial charge on any atom is -0.385 e. The van der Waals surface area contributed by atoms with Crippen molar-refractivity contribution in [2.45, 2.75) is 6.42 Å². The second-order valence-corrected chi connectivity index (χ2v) is 5.01. The van der Waals surface area contributed by atoms with Crippen LogP contribution >= 0.6 is 15.9 Å². The molecule has 0 aliphatic rings. The highest BCUT2D eigenvalue weighted by molar-refractivity contribution is 9.10. The van der Waals surface area contributed by atoms with Crippen molar-refractivity contribution in [2.75, 3.05) is 17.2 Å². The summed E-state index contributed by atoms with van der Waals surface area (Å²) < 4.78 is 1.04. The molecular weight excluding hydrogens is 304 g/mol. The topological polar surface area (TPSA) is 41.1 Å². The van der Waals surface area contributed by atoms with Crippen LogP contribution in [0.2, 0.25) is 0 Å². The van der Waals surface area contributed by atoms with Gasteiger partial charge in [-0.3, -0.25) is 4.79 Å². The van der Waals surface area contributed by atoms with Gasteiger partial charge in [0.05, 0.1) is 0 Å². The van der Waals surface area contributed by atoms with Crippen LogP contribution in [-0.4, -0.2) is 12.5 Å². The van der Waals surface area contributed by atoms with Gasteiger partial charge >= 0.3 is 0 Å². The van der Waals surface area contributed by atoms with Gasteiger partial charge in [-0.15, -0.1) is 0 Å². The molecule has 0 aliphatic carbocycles. The Morgan fingerprint density at radius 3 is 2.32 bits per heavy atom. The van der Waals surface area contributed by atoms with E-state index >= 15 is 0 Å². The first kappa shape index (κ1) is 13.6. The Morgan fingerprint density at radius 2 is 1.63 bits per heavy atom. The minimum absolute atomic E-state index is 0.0100. The van der Waals surface area contributed by atoms with Crippen LogP contribution in [0.25, 0.3) is 0 Å². The molecule has 0 unspecified atom stereocenters. The lowest BCUT2D eigenvalue weighted by molar-refractivity contribution is -0.115. The fourth-order valence-corrected chi connectivity index (χ4v) is 1.90. The summed E-state index contributed by atoms with van der Waals surface area (Å²) in [5, 5.41) is 6.06. The molecule has 2 aromatic rings. The SMILES string of the molecule is O=C(CCNc1ccc(Br)cc1)Nc1ccccc1. The Morgan fingerprint density at radius 1 is 0.947 bits per heavy atom. The monoisotopic (exact) mass is 318 g/mol. The molecule has 0 radical (unpaired) electrons. The summed E-state index contributed by atoms with van der Waals surface area (Å²) in [6.07, 6.45) is 0.435. The normalized spacial score (nSPS) is 9.95. The van der Waals surface area contributed by atoms with E-state index in [1.165, 1.54) is 0 Å². The van der Waals surface area contributed by atoms with Crippen molar-refractivity contribution >= 4 is 33.2 Å². The highest BCUT2D eigenvalue weighted by Crippen LogP contribution is 2.14. The van der Waals surface area contributed by atoms with Crippen LogP contribution < -0.4 is 10.6 Å². The molecule has 0 saturated carbocycles. The van der Waals surface area contributed by atoms with Crippen molar-refractivity contribution in [1.82, 2.24) is 0 Å². The van der Waals surface area contributed by atoms with Crippen LogP contribution in [0.4, 0.5) is 11.4 Å². The number of carbonyl (C=O) groups excluding carboxylic acids is 1. The fourth-order valence-electron chi connectivity index (χ4n) is 1.63. The molecule has 0 aromatic heterocycles. The third kappa shape index (κ3) is 4.75. The smallest absolute Gasteiger partial charge is 0.226 e. The minimum atomic E-state index is 0.0100. The maximum Gasteiger partial charge on any atom is 0.226 e. The van der Waals surface area contributed by atoms with Crippen molar-refractivity contribution in [3.8, 4) is 0 Å². The summed E-state index contributed by atoms with van der Waals surface area (Å²) in [6, 6.07) is 17.3. The fraction of sp³-hybridized carbons (Fsp3) is 0.133. The van der Waals surface area contributed by atoms with Gasteiger partial charge in [-0.05, 0) is 36.4 Å². The molecule has 0 bridgehead atoms. The Bertz CT molecular complexity index is 526. The van der Waals surface area contributed by atoms with Crippen molar-refractivity contribution < 1.29 is 4.79 Å². The van der Waals surface area contributed by atoms with E-state index in [0.29, 0.717) is 13.0 Å². The molecule has 2 aromatic carbocycles. The number of rotatable bonds is 5. The van der Waals surface area contributed by atoms with E-state index in [1.807, 2.05) is 54.6 Å². The molecule has 0 spiro atoms. The maximum absolute atomic E-state index is 11.7. The maximum atomic E-state index is 11.7. The molecular formula is C15H15BrN2O. The van der Waals surface area contributed by atoms with Crippen molar-refractivity contribution in [2.24, 2.45) is 0 Å². The van der Waals surface area contributed by atoms with E-state index in [0.717, 1.165) is 15.8 Å². The highest BCUT2D eigenvalue weighted by Gasteiger charge is 2.01. The largest absolute Gasteiger partial charge is 0.385 e. The number of anilines is 2. The summed E-state index contributed by atoms with van der Waals surface area (Å²) >= 11 is 3.38. The predicted octanol–water partition coefficient (Wildman–Crippen LogP) is 3.89. The third-order valence-corrected chi connectivity index (χ3v) is 3.11. The number of nitrogens with one attached hydrogen (secondary N) is 2.